The van der Waals surface area contributed by atoms with Crippen molar-refractivity contribution < 1.29 is 9.90 Å². The molecule has 0 aliphatic heterocycles. The summed E-state index contributed by atoms with van der Waals surface area (Å²) in [5.74, 6) is -0.947. The number of carboxylic acid groups (broad SMARTS) is 1. The van der Waals surface area contributed by atoms with E-state index in [-0.39, 0.29) is 5.56 Å². The predicted molar refractivity (Wildman–Crippen MR) is 76.7 cm³/mol. The van der Waals surface area contributed by atoms with E-state index in [9.17, 15) is 4.79 Å². The molecule has 0 unspecified atom stereocenters. The van der Waals surface area contributed by atoms with Crippen LogP contribution in [0.4, 0.5) is 0 Å². The Labute approximate surface area is 122 Å². The minimum Gasteiger partial charge on any atom is -0.478 e. The number of hydrogen-bond acceptors (Lipinski definition) is 2. The van der Waals surface area contributed by atoms with Crippen LogP contribution in [-0.2, 0) is 0 Å². The fraction of sp³-hybridized carbons (Fsp3) is 0. The van der Waals surface area contributed by atoms with Crippen molar-refractivity contribution >= 4 is 45.3 Å². The molecule has 0 spiro atoms. The Hall–Kier alpha value is -0.970. The van der Waals surface area contributed by atoms with E-state index >= 15 is 0 Å². The molecule has 2 rings (SSSR count). The average Bonchev–Trinajstić information content (AvgIpc) is 2.31. The number of rotatable bonds is 3. The van der Waals surface area contributed by atoms with Crippen LogP contribution >= 0.6 is 39.3 Å². The Morgan fingerprint density at radius 3 is 2.61 bits per heavy atom. The van der Waals surface area contributed by atoms with Crippen LogP contribution in [0.2, 0.25) is 5.02 Å². The van der Waals surface area contributed by atoms with Gasteiger partial charge in [-0.2, -0.15) is 0 Å². The van der Waals surface area contributed by atoms with Crippen molar-refractivity contribution in [2.24, 2.45) is 0 Å². The molecule has 5 heteroatoms. The highest BCUT2D eigenvalue weighted by Crippen LogP contribution is 2.34. The second-order valence-corrected chi connectivity index (χ2v) is 5.95. The van der Waals surface area contributed by atoms with Crippen LogP contribution in [0.5, 0.6) is 0 Å². The van der Waals surface area contributed by atoms with Crippen molar-refractivity contribution in [3.63, 3.8) is 0 Å². The highest BCUT2D eigenvalue weighted by molar-refractivity contribution is 9.10. The normalized spacial score (nSPS) is 10.3. The van der Waals surface area contributed by atoms with Crippen molar-refractivity contribution in [1.29, 1.82) is 0 Å². The molecule has 0 bridgehead atoms. The van der Waals surface area contributed by atoms with Gasteiger partial charge in [0.2, 0.25) is 0 Å². The summed E-state index contributed by atoms with van der Waals surface area (Å²) in [4.78, 5) is 12.7. The minimum absolute atomic E-state index is 0.249. The summed E-state index contributed by atoms with van der Waals surface area (Å²) in [5.41, 5.74) is 0.249. The third-order valence-corrected chi connectivity index (χ3v) is 4.13. The van der Waals surface area contributed by atoms with E-state index < -0.39 is 5.97 Å². The highest BCUT2D eigenvalue weighted by atomic mass is 79.9. The fourth-order valence-corrected chi connectivity index (χ4v) is 3.23. The van der Waals surface area contributed by atoms with Gasteiger partial charge < -0.3 is 5.11 Å². The van der Waals surface area contributed by atoms with Crippen LogP contribution in [0.25, 0.3) is 0 Å². The van der Waals surface area contributed by atoms with Gasteiger partial charge in [0.05, 0.1) is 10.6 Å². The molecule has 0 atom stereocenters. The van der Waals surface area contributed by atoms with Gasteiger partial charge in [0.25, 0.3) is 0 Å². The molecule has 2 aromatic carbocycles. The number of carbonyl (C=O) groups is 1. The minimum atomic E-state index is -0.947. The fourth-order valence-electron chi connectivity index (χ4n) is 1.40. The van der Waals surface area contributed by atoms with Crippen LogP contribution in [0, 0.1) is 0 Å². The van der Waals surface area contributed by atoms with E-state index in [0.717, 1.165) is 14.3 Å². The molecule has 0 radical (unpaired) electrons. The van der Waals surface area contributed by atoms with Gasteiger partial charge in [0.15, 0.2) is 0 Å². The van der Waals surface area contributed by atoms with Gasteiger partial charge in [-0.15, -0.1) is 0 Å². The monoisotopic (exact) mass is 342 g/mol. The molecule has 0 fully saturated rings. The maximum atomic E-state index is 11.0. The Morgan fingerprint density at radius 2 is 1.94 bits per heavy atom. The lowest BCUT2D eigenvalue weighted by Gasteiger charge is -2.05. The Kier molecular flexibility index (Phi) is 4.32. The molecule has 2 nitrogen and oxygen atoms in total. The Balaban J connectivity index is 2.35. The van der Waals surface area contributed by atoms with Crippen LogP contribution < -0.4 is 0 Å². The second-order valence-electron chi connectivity index (χ2n) is 3.51. The van der Waals surface area contributed by atoms with E-state index in [0.29, 0.717) is 5.02 Å². The number of carboxylic acids is 1. The van der Waals surface area contributed by atoms with Crippen molar-refractivity contribution in [3.8, 4) is 0 Å². The van der Waals surface area contributed by atoms with E-state index in [4.69, 9.17) is 16.7 Å². The van der Waals surface area contributed by atoms with Crippen LogP contribution in [0.1, 0.15) is 10.4 Å². The van der Waals surface area contributed by atoms with Crippen molar-refractivity contribution in [2.75, 3.05) is 0 Å². The summed E-state index contributed by atoms with van der Waals surface area (Å²) >= 11 is 10.8. The molecule has 0 amide bonds. The SMILES string of the molecule is O=C(O)c1cc(Br)cc(Sc2ccccc2Cl)c1. The van der Waals surface area contributed by atoms with E-state index in [1.165, 1.54) is 11.8 Å². The van der Waals surface area contributed by atoms with E-state index in [1.807, 2.05) is 24.3 Å². The van der Waals surface area contributed by atoms with Gasteiger partial charge in [-0.1, -0.05) is 51.4 Å². The molecule has 2 aromatic rings. The Morgan fingerprint density at radius 1 is 1.22 bits per heavy atom. The van der Waals surface area contributed by atoms with Gasteiger partial charge >= 0.3 is 5.97 Å². The van der Waals surface area contributed by atoms with Crippen molar-refractivity contribution in [1.82, 2.24) is 0 Å². The molecule has 0 aromatic heterocycles. The molecular weight excluding hydrogens is 336 g/mol. The summed E-state index contributed by atoms with van der Waals surface area (Å²) in [6.45, 7) is 0. The summed E-state index contributed by atoms with van der Waals surface area (Å²) in [5, 5.41) is 9.65. The quantitative estimate of drug-likeness (QED) is 0.856. The first-order valence-electron chi connectivity index (χ1n) is 5.02. The number of hydrogen-bond donors (Lipinski definition) is 1. The molecular formula is C13H8BrClO2S. The molecule has 0 heterocycles. The number of halogens is 2. The number of benzene rings is 2. The average molecular weight is 344 g/mol. The molecule has 92 valence electrons. The first-order valence-corrected chi connectivity index (χ1v) is 7.01. The number of aromatic carboxylic acids is 1. The topological polar surface area (TPSA) is 37.3 Å². The zero-order valence-electron chi connectivity index (χ0n) is 9.06. The second kappa shape index (κ2) is 5.78. The lowest BCUT2D eigenvalue weighted by atomic mass is 10.2. The van der Waals surface area contributed by atoms with E-state index in [1.54, 1.807) is 18.2 Å². The van der Waals surface area contributed by atoms with Crippen LogP contribution in [-0.4, -0.2) is 11.1 Å². The molecule has 0 saturated heterocycles. The lowest BCUT2D eigenvalue weighted by molar-refractivity contribution is 0.0696. The first kappa shape index (κ1) is 13.5. The molecule has 0 saturated carbocycles. The van der Waals surface area contributed by atoms with Gasteiger partial charge in [0, 0.05) is 14.3 Å². The maximum Gasteiger partial charge on any atom is 0.335 e. The molecule has 0 aliphatic rings. The van der Waals surface area contributed by atoms with Crippen molar-refractivity contribution in [2.45, 2.75) is 9.79 Å². The van der Waals surface area contributed by atoms with E-state index in [2.05, 4.69) is 15.9 Å². The molecule has 0 aliphatic carbocycles. The summed E-state index contributed by atoms with van der Waals surface area (Å²) in [7, 11) is 0. The lowest BCUT2D eigenvalue weighted by Crippen LogP contribution is -1.96. The predicted octanol–water partition coefficient (Wildman–Crippen LogP) is 4.95. The summed E-state index contributed by atoms with van der Waals surface area (Å²) in [6, 6.07) is 12.5. The third kappa shape index (κ3) is 3.28. The third-order valence-electron chi connectivity index (χ3n) is 2.18. The zero-order valence-corrected chi connectivity index (χ0v) is 12.2. The first-order chi connectivity index (χ1) is 8.56. The maximum absolute atomic E-state index is 11.0. The molecule has 1 N–H and O–H groups in total. The Bertz CT molecular complexity index is 601. The largest absolute Gasteiger partial charge is 0.478 e. The molecule has 18 heavy (non-hydrogen) atoms. The zero-order chi connectivity index (χ0) is 13.1. The van der Waals surface area contributed by atoms with Gasteiger partial charge in [-0.25, -0.2) is 4.79 Å². The van der Waals surface area contributed by atoms with Crippen molar-refractivity contribution in [3.05, 3.63) is 57.5 Å². The van der Waals surface area contributed by atoms with Gasteiger partial charge in [0.1, 0.15) is 0 Å². The van der Waals surface area contributed by atoms with Crippen LogP contribution in [0.3, 0.4) is 0 Å². The standard InChI is InChI=1S/C13H8BrClO2S/c14-9-5-8(13(16)17)6-10(7-9)18-12-4-2-1-3-11(12)15/h1-7H,(H,16,17). The summed E-state index contributed by atoms with van der Waals surface area (Å²) < 4.78 is 0.733. The van der Waals surface area contributed by atoms with Gasteiger partial charge in [-0.05, 0) is 30.3 Å². The van der Waals surface area contributed by atoms with Gasteiger partial charge in [-0.3, -0.25) is 0 Å². The smallest absolute Gasteiger partial charge is 0.335 e. The summed E-state index contributed by atoms with van der Waals surface area (Å²) in [6.07, 6.45) is 0. The van der Waals surface area contributed by atoms with Crippen LogP contribution in [0.15, 0.2) is 56.7 Å². The highest BCUT2D eigenvalue weighted by Gasteiger charge is 2.08.